The molecule has 13 heteroatoms. The van der Waals surface area contributed by atoms with Crippen molar-refractivity contribution in [1.29, 1.82) is 0 Å². The first-order chi connectivity index (χ1) is 26.1. The molecule has 1 aliphatic rings. The van der Waals surface area contributed by atoms with Crippen molar-refractivity contribution in [3.8, 4) is 16.9 Å². The molecule has 0 fully saturated rings. The van der Waals surface area contributed by atoms with Gasteiger partial charge in [-0.1, -0.05) is 17.7 Å². The van der Waals surface area contributed by atoms with Gasteiger partial charge in [-0.25, -0.2) is 9.18 Å². The van der Waals surface area contributed by atoms with Gasteiger partial charge in [-0.2, -0.15) is 10.2 Å². The van der Waals surface area contributed by atoms with Gasteiger partial charge in [-0.15, -0.1) is 11.8 Å². The summed E-state index contributed by atoms with van der Waals surface area (Å²) in [6.07, 6.45) is 2.08. The number of hydrogen-bond donors (Lipinski definition) is 0. The van der Waals surface area contributed by atoms with E-state index in [1.54, 1.807) is 38.1 Å². The van der Waals surface area contributed by atoms with Crippen molar-refractivity contribution in [1.82, 2.24) is 24.1 Å². The molecule has 0 unspecified atom stereocenters. The van der Waals surface area contributed by atoms with Gasteiger partial charge in [0, 0.05) is 83.1 Å². The molecule has 7 rings (SSSR count). The van der Waals surface area contributed by atoms with Crippen LogP contribution < -0.4 is 4.74 Å². The van der Waals surface area contributed by atoms with E-state index < -0.39 is 5.97 Å². The van der Waals surface area contributed by atoms with Crippen LogP contribution in [0.2, 0.25) is 5.02 Å². The molecule has 0 amide bonds. The van der Waals surface area contributed by atoms with Crippen LogP contribution in [0.5, 0.6) is 5.75 Å². The number of rotatable bonds is 6. The molecular weight excluding hydrogens is 729 g/mol. The van der Waals surface area contributed by atoms with E-state index in [4.69, 9.17) is 40.7 Å². The molecule has 0 spiro atoms. The first-order valence-electron chi connectivity index (χ1n) is 18.0. The molecule has 0 radical (unpaired) electrons. The standard InChI is InChI=1S/C41H45ClFN5O5S/c1-24-37-35-13-12-33(42)39(37)38-25(2)48(31(20-50-4)21-51-5)45-34(38)23-54-22-29-19-30(46(3)44-29)10-8-26-16-27-18-28(43)9-11-32(27)36(17-26)53-15-7-14-47(35)40(24)41(49)52-6/h9,11-13,16-19,31H,7-8,10,14-15,20-23H2,1-6H3. The van der Waals surface area contributed by atoms with Crippen LogP contribution in [-0.4, -0.2) is 71.2 Å². The Labute approximate surface area is 323 Å². The predicted molar refractivity (Wildman–Crippen MR) is 211 cm³/mol. The van der Waals surface area contributed by atoms with E-state index in [1.807, 2.05) is 53.0 Å². The second-order valence-corrected chi connectivity index (χ2v) is 15.1. The van der Waals surface area contributed by atoms with Gasteiger partial charge < -0.3 is 23.5 Å². The molecule has 0 aliphatic carbocycles. The van der Waals surface area contributed by atoms with Crippen LogP contribution in [0.3, 0.4) is 0 Å². The SMILES string of the molecule is COCC(COC)n1nc2c(c1C)-c1c(Cl)ccc3c1c(C)c(C(=O)OC)n3CCCOc1cc(cc3cc(F)ccc13)CCc1cc(nn1C)CSC2. The summed E-state index contributed by atoms with van der Waals surface area (Å²) < 4.78 is 43.4. The largest absolute Gasteiger partial charge is 0.493 e. The van der Waals surface area contributed by atoms with Gasteiger partial charge in [-0.3, -0.25) is 9.36 Å². The van der Waals surface area contributed by atoms with Crippen LogP contribution in [0.1, 0.15) is 56.9 Å². The van der Waals surface area contributed by atoms with E-state index in [9.17, 15) is 9.18 Å². The van der Waals surface area contributed by atoms with Crippen molar-refractivity contribution in [2.75, 3.05) is 41.2 Å². The maximum absolute atomic E-state index is 14.4. The molecule has 284 valence electrons. The zero-order valence-electron chi connectivity index (χ0n) is 31.5. The van der Waals surface area contributed by atoms with E-state index in [-0.39, 0.29) is 11.9 Å². The molecular formula is C41H45ClFN5O5S. The van der Waals surface area contributed by atoms with E-state index in [0.717, 1.165) is 79.5 Å². The van der Waals surface area contributed by atoms with Gasteiger partial charge in [0.05, 0.1) is 44.4 Å². The summed E-state index contributed by atoms with van der Waals surface area (Å²) in [6.45, 7) is 5.68. The van der Waals surface area contributed by atoms with Crippen molar-refractivity contribution >= 4 is 51.0 Å². The summed E-state index contributed by atoms with van der Waals surface area (Å²) in [5.41, 5.74) is 8.76. The third-order valence-corrected chi connectivity index (χ3v) is 11.5. The van der Waals surface area contributed by atoms with Gasteiger partial charge in [-0.05, 0) is 92.1 Å². The Morgan fingerprint density at radius 3 is 2.56 bits per heavy atom. The average Bonchev–Trinajstić information content (AvgIpc) is 3.77. The van der Waals surface area contributed by atoms with Crippen LogP contribution in [0.25, 0.3) is 32.8 Å². The number of ether oxygens (including phenoxy) is 4. The Bertz CT molecular complexity index is 2340. The summed E-state index contributed by atoms with van der Waals surface area (Å²) in [4.78, 5) is 13.5. The second-order valence-electron chi connectivity index (χ2n) is 13.8. The number of thioether (sulfide) groups is 1. The number of aryl methyl sites for hydroxylation is 5. The molecule has 0 saturated carbocycles. The number of benzene rings is 3. The molecule has 10 nitrogen and oxygen atoms in total. The zero-order chi connectivity index (χ0) is 38.1. The maximum atomic E-state index is 14.4. The highest BCUT2D eigenvalue weighted by Crippen LogP contribution is 2.44. The summed E-state index contributed by atoms with van der Waals surface area (Å²) in [5, 5.41) is 13.1. The van der Waals surface area contributed by atoms with Crippen LogP contribution in [0, 0.1) is 19.7 Å². The smallest absolute Gasteiger partial charge is 0.354 e. The lowest BCUT2D eigenvalue weighted by Crippen LogP contribution is -2.22. The predicted octanol–water partition coefficient (Wildman–Crippen LogP) is 8.42. The molecule has 54 heavy (non-hydrogen) atoms. The fourth-order valence-corrected chi connectivity index (χ4v) is 8.92. The monoisotopic (exact) mass is 773 g/mol. The number of aromatic nitrogens is 5. The van der Waals surface area contributed by atoms with Gasteiger partial charge in [0.15, 0.2) is 0 Å². The molecule has 6 aromatic rings. The first-order valence-corrected chi connectivity index (χ1v) is 19.6. The third-order valence-electron chi connectivity index (χ3n) is 10.2. The van der Waals surface area contributed by atoms with Crippen LogP contribution in [0.15, 0.2) is 48.5 Å². The number of hydrogen-bond acceptors (Lipinski definition) is 8. The molecule has 8 bridgehead atoms. The summed E-state index contributed by atoms with van der Waals surface area (Å²) in [7, 11) is 6.72. The maximum Gasteiger partial charge on any atom is 0.354 e. The number of carbonyl (C=O) groups excluding carboxylic acids is 1. The Hall–Kier alpha value is -4.36. The topological polar surface area (TPSA) is 94.6 Å². The molecule has 1 aliphatic heterocycles. The van der Waals surface area contributed by atoms with Crippen molar-refractivity contribution in [3.63, 3.8) is 0 Å². The minimum atomic E-state index is -0.431. The zero-order valence-corrected chi connectivity index (χ0v) is 33.1. The number of nitrogens with zero attached hydrogens (tertiary/aromatic N) is 5. The van der Waals surface area contributed by atoms with Crippen LogP contribution >= 0.6 is 23.4 Å². The van der Waals surface area contributed by atoms with Gasteiger partial charge >= 0.3 is 5.97 Å². The van der Waals surface area contributed by atoms with Crippen LogP contribution in [-0.2, 0) is 52.2 Å². The number of methoxy groups -OCH3 is 3. The summed E-state index contributed by atoms with van der Waals surface area (Å²) >= 11 is 8.92. The van der Waals surface area contributed by atoms with Crippen molar-refractivity contribution < 1.29 is 28.1 Å². The van der Waals surface area contributed by atoms with Crippen molar-refractivity contribution in [2.45, 2.75) is 57.2 Å². The van der Waals surface area contributed by atoms with E-state index in [2.05, 4.69) is 12.1 Å². The lowest BCUT2D eigenvalue weighted by Gasteiger charge is -2.18. The van der Waals surface area contributed by atoms with Gasteiger partial charge in [0.1, 0.15) is 17.3 Å². The Morgan fingerprint density at radius 1 is 1.00 bits per heavy atom. The van der Waals surface area contributed by atoms with E-state index in [0.29, 0.717) is 60.8 Å². The quantitative estimate of drug-likeness (QED) is 0.156. The fourth-order valence-electron chi connectivity index (χ4n) is 7.82. The van der Waals surface area contributed by atoms with Gasteiger partial charge in [0.2, 0.25) is 0 Å². The van der Waals surface area contributed by atoms with E-state index in [1.165, 1.54) is 13.2 Å². The summed E-state index contributed by atoms with van der Waals surface area (Å²) in [5.74, 6) is 1.24. The molecule has 3 aromatic carbocycles. The first kappa shape index (κ1) is 37.9. The second kappa shape index (κ2) is 16.2. The highest BCUT2D eigenvalue weighted by atomic mass is 35.5. The summed E-state index contributed by atoms with van der Waals surface area (Å²) in [6, 6.07) is 14.7. The van der Waals surface area contributed by atoms with Gasteiger partial charge in [0.25, 0.3) is 0 Å². The van der Waals surface area contributed by atoms with Crippen molar-refractivity contribution in [3.05, 3.63) is 99.0 Å². The third kappa shape index (κ3) is 7.24. The normalized spacial score (nSPS) is 14.0. The number of esters is 1. The molecule has 0 N–H and O–H groups in total. The van der Waals surface area contributed by atoms with E-state index >= 15 is 0 Å². The Balaban J connectivity index is 1.39. The average molecular weight is 774 g/mol. The molecule has 3 aromatic heterocycles. The van der Waals surface area contributed by atoms with Crippen LogP contribution in [0.4, 0.5) is 4.39 Å². The highest BCUT2D eigenvalue weighted by molar-refractivity contribution is 7.97. The number of halogens is 2. The molecule has 0 saturated heterocycles. The number of carbonyl (C=O) groups is 1. The Morgan fingerprint density at radius 2 is 1.80 bits per heavy atom. The molecule has 0 atom stereocenters. The lowest BCUT2D eigenvalue weighted by atomic mass is 9.97. The molecule has 4 heterocycles. The fraction of sp³-hybridized carbons (Fsp3) is 0.390. The highest BCUT2D eigenvalue weighted by Gasteiger charge is 2.29. The number of fused-ring (bicyclic) bond motifs is 8. The van der Waals surface area contributed by atoms with Crippen molar-refractivity contribution in [2.24, 2.45) is 7.05 Å². The minimum absolute atomic E-state index is 0.167. The lowest BCUT2D eigenvalue weighted by molar-refractivity contribution is 0.0587. The minimum Gasteiger partial charge on any atom is -0.493 e. The Kier molecular flexibility index (Phi) is 11.4.